The molecule has 1 aromatic carbocycles. The molecule has 0 radical (unpaired) electrons. The summed E-state index contributed by atoms with van der Waals surface area (Å²) in [5.41, 5.74) is 5.68. The van der Waals surface area contributed by atoms with Crippen LogP contribution in [0.4, 0.5) is 10.5 Å². The van der Waals surface area contributed by atoms with Crippen molar-refractivity contribution in [2.24, 2.45) is 0 Å². The molecule has 2 aliphatic rings. The van der Waals surface area contributed by atoms with Crippen LogP contribution in [0.5, 0.6) is 5.75 Å². The van der Waals surface area contributed by atoms with Crippen molar-refractivity contribution in [3.05, 3.63) is 24.3 Å². The molecular formula is C17H23N3O3. The number of nitrogens with zero attached hydrogens (tertiary/aromatic N) is 1. The number of nitrogens with two attached hydrogens (primary N) is 1. The summed E-state index contributed by atoms with van der Waals surface area (Å²) in [6.45, 7) is 0.843. The van der Waals surface area contributed by atoms with Crippen LogP contribution in [0.25, 0.3) is 0 Å². The van der Waals surface area contributed by atoms with Crippen molar-refractivity contribution in [3.8, 4) is 5.75 Å². The molecule has 1 aliphatic heterocycles. The van der Waals surface area contributed by atoms with Crippen molar-refractivity contribution in [3.63, 3.8) is 0 Å². The zero-order valence-corrected chi connectivity index (χ0v) is 13.2. The molecule has 0 bridgehead atoms. The minimum absolute atomic E-state index is 0.0605. The van der Waals surface area contributed by atoms with Gasteiger partial charge in [0.1, 0.15) is 11.3 Å². The summed E-state index contributed by atoms with van der Waals surface area (Å²) in [6, 6.07) is 6.91. The molecule has 2 fully saturated rings. The lowest BCUT2D eigenvalue weighted by Crippen LogP contribution is -2.48. The fourth-order valence-electron chi connectivity index (χ4n) is 3.35. The fraction of sp³-hybridized carbons (Fsp3) is 0.529. The van der Waals surface area contributed by atoms with Gasteiger partial charge in [-0.05, 0) is 43.5 Å². The fourth-order valence-corrected chi connectivity index (χ4v) is 3.35. The number of carbonyl (C=O) groups is 2. The molecule has 1 aromatic rings. The van der Waals surface area contributed by atoms with Gasteiger partial charge in [0, 0.05) is 12.2 Å². The maximum atomic E-state index is 12.6. The Labute approximate surface area is 136 Å². The van der Waals surface area contributed by atoms with E-state index >= 15 is 0 Å². The van der Waals surface area contributed by atoms with Crippen LogP contribution < -0.4 is 15.8 Å². The largest absolute Gasteiger partial charge is 0.494 e. The van der Waals surface area contributed by atoms with Gasteiger partial charge in [-0.25, -0.2) is 4.79 Å². The zero-order chi connectivity index (χ0) is 16.3. The number of anilines is 1. The number of rotatable bonds is 5. The first-order valence-electron chi connectivity index (χ1n) is 8.23. The minimum atomic E-state index is -0.632. The molecule has 0 atom stereocenters. The molecule has 1 saturated carbocycles. The monoisotopic (exact) mass is 317 g/mol. The van der Waals surface area contributed by atoms with E-state index in [0.717, 1.165) is 37.9 Å². The van der Waals surface area contributed by atoms with Gasteiger partial charge in [-0.2, -0.15) is 0 Å². The number of benzene rings is 1. The summed E-state index contributed by atoms with van der Waals surface area (Å²) < 4.78 is 5.60. The van der Waals surface area contributed by atoms with Gasteiger partial charge in [0.2, 0.25) is 0 Å². The molecule has 23 heavy (non-hydrogen) atoms. The van der Waals surface area contributed by atoms with Crippen LogP contribution in [-0.2, 0) is 4.79 Å². The molecular weight excluding hydrogens is 294 g/mol. The lowest BCUT2D eigenvalue weighted by Gasteiger charge is -2.30. The lowest BCUT2D eigenvalue weighted by molar-refractivity contribution is -0.132. The van der Waals surface area contributed by atoms with Gasteiger partial charge in [0.15, 0.2) is 0 Å². The summed E-state index contributed by atoms with van der Waals surface area (Å²) >= 11 is 0. The highest BCUT2D eigenvalue weighted by Gasteiger charge is 2.50. The van der Waals surface area contributed by atoms with Crippen LogP contribution in [0.1, 0.15) is 38.5 Å². The number of amides is 3. The van der Waals surface area contributed by atoms with Crippen LogP contribution in [0.2, 0.25) is 0 Å². The Balaban J connectivity index is 1.49. The van der Waals surface area contributed by atoms with E-state index in [0.29, 0.717) is 25.3 Å². The molecule has 3 rings (SSSR count). The van der Waals surface area contributed by atoms with Crippen LogP contribution in [0.15, 0.2) is 24.3 Å². The molecule has 3 N–H and O–H groups in total. The molecule has 1 saturated heterocycles. The van der Waals surface area contributed by atoms with Gasteiger partial charge in [-0.15, -0.1) is 0 Å². The number of imide groups is 1. The van der Waals surface area contributed by atoms with E-state index in [9.17, 15) is 9.59 Å². The van der Waals surface area contributed by atoms with Crippen molar-refractivity contribution in [1.82, 2.24) is 10.2 Å². The van der Waals surface area contributed by atoms with Crippen LogP contribution >= 0.6 is 0 Å². The Morgan fingerprint density at radius 3 is 2.52 bits per heavy atom. The molecule has 1 aliphatic carbocycles. The minimum Gasteiger partial charge on any atom is -0.494 e. The first kappa shape index (κ1) is 15.6. The molecule has 124 valence electrons. The Morgan fingerprint density at radius 2 is 1.83 bits per heavy atom. The zero-order valence-electron chi connectivity index (χ0n) is 13.2. The van der Waals surface area contributed by atoms with Gasteiger partial charge < -0.3 is 15.8 Å². The number of ether oxygens (including phenoxy) is 1. The number of nitrogen functional groups attached to an aromatic ring is 1. The molecule has 6 heteroatoms. The van der Waals surface area contributed by atoms with Crippen molar-refractivity contribution < 1.29 is 14.3 Å². The number of nitrogens with one attached hydrogen (secondary N) is 1. The van der Waals surface area contributed by atoms with Gasteiger partial charge in [0.05, 0.1) is 6.61 Å². The van der Waals surface area contributed by atoms with Gasteiger partial charge in [0.25, 0.3) is 5.91 Å². The van der Waals surface area contributed by atoms with E-state index in [4.69, 9.17) is 10.5 Å². The first-order valence-corrected chi connectivity index (χ1v) is 8.23. The molecule has 1 spiro atoms. The Morgan fingerprint density at radius 1 is 1.13 bits per heavy atom. The highest BCUT2D eigenvalue weighted by molar-refractivity contribution is 6.07. The van der Waals surface area contributed by atoms with Gasteiger partial charge >= 0.3 is 6.03 Å². The third kappa shape index (κ3) is 3.25. The lowest BCUT2D eigenvalue weighted by atomic mass is 9.82. The van der Waals surface area contributed by atoms with Crippen LogP contribution in [0, 0.1) is 0 Å². The van der Waals surface area contributed by atoms with Crippen molar-refractivity contribution in [1.29, 1.82) is 0 Å². The van der Waals surface area contributed by atoms with Gasteiger partial charge in [-0.1, -0.05) is 19.3 Å². The third-order valence-corrected chi connectivity index (χ3v) is 4.63. The predicted octanol–water partition coefficient (Wildman–Crippen LogP) is 2.29. The Hall–Kier alpha value is -2.24. The summed E-state index contributed by atoms with van der Waals surface area (Å²) in [4.78, 5) is 26.0. The summed E-state index contributed by atoms with van der Waals surface area (Å²) in [6.07, 6.45) is 5.27. The Kier molecular flexibility index (Phi) is 4.41. The molecule has 0 aromatic heterocycles. The maximum Gasteiger partial charge on any atom is 0.325 e. The molecule has 1 heterocycles. The number of hydrogen-bond acceptors (Lipinski definition) is 4. The Bertz CT molecular complexity index is 579. The van der Waals surface area contributed by atoms with E-state index in [1.165, 1.54) is 4.90 Å². The topological polar surface area (TPSA) is 84.7 Å². The predicted molar refractivity (Wildman–Crippen MR) is 87.0 cm³/mol. The van der Waals surface area contributed by atoms with E-state index < -0.39 is 5.54 Å². The average Bonchev–Trinajstić information content (AvgIpc) is 2.77. The van der Waals surface area contributed by atoms with E-state index in [1.807, 2.05) is 0 Å². The molecule has 6 nitrogen and oxygen atoms in total. The van der Waals surface area contributed by atoms with Crippen molar-refractivity contribution in [2.75, 3.05) is 18.9 Å². The number of urea groups is 1. The third-order valence-electron chi connectivity index (χ3n) is 4.63. The van der Waals surface area contributed by atoms with Crippen molar-refractivity contribution >= 4 is 17.6 Å². The number of carbonyl (C=O) groups excluding carboxylic acids is 2. The van der Waals surface area contributed by atoms with Crippen molar-refractivity contribution in [2.45, 2.75) is 44.1 Å². The number of hydrogen-bond donors (Lipinski definition) is 2. The van der Waals surface area contributed by atoms with E-state index in [-0.39, 0.29) is 11.9 Å². The molecule has 3 amide bonds. The van der Waals surface area contributed by atoms with Crippen LogP contribution in [-0.4, -0.2) is 35.5 Å². The second-order valence-corrected chi connectivity index (χ2v) is 6.30. The SMILES string of the molecule is Nc1ccc(OCCCN2C(=O)NC3(CCCCC3)C2=O)cc1. The quantitative estimate of drug-likeness (QED) is 0.496. The van der Waals surface area contributed by atoms with Crippen LogP contribution in [0.3, 0.4) is 0 Å². The average molecular weight is 317 g/mol. The second-order valence-electron chi connectivity index (χ2n) is 6.30. The summed E-state index contributed by atoms with van der Waals surface area (Å²) in [5.74, 6) is 0.676. The van der Waals surface area contributed by atoms with E-state index in [2.05, 4.69) is 5.32 Å². The highest BCUT2D eigenvalue weighted by Crippen LogP contribution is 2.33. The smallest absolute Gasteiger partial charge is 0.325 e. The maximum absolute atomic E-state index is 12.6. The standard InChI is InChI=1S/C17H23N3O3/c18-13-5-7-14(8-6-13)23-12-4-11-20-15(21)17(19-16(20)22)9-2-1-3-10-17/h5-8H,1-4,9-12,18H2,(H,19,22). The second kappa shape index (κ2) is 6.48. The van der Waals surface area contributed by atoms with E-state index in [1.54, 1.807) is 24.3 Å². The first-order chi connectivity index (χ1) is 11.1. The summed E-state index contributed by atoms with van der Waals surface area (Å²) in [5, 5.41) is 2.92. The highest BCUT2D eigenvalue weighted by atomic mass is 16.5. The normalized spacial score (nSPS) is 19.9. The van der Waals surface area contributed by atoms with Gasteiger partial charge in [-0.3, -0.25) is 9.69 Å². The molecule has 0 unspecified atom stereocenters. The summed E-state index contributed by atoms with van der Waals surface area (Å²) in [7, 11) is 0.